The molecule has 0 amide bonds. The maximum Gasteiger partial charge on any atom is 0.260 e. The van der Waals surface area contributed by atoms with Crippen LogP contribution in [0, 0.1) is 0 Å². The van der Waals surface area contributed by atoms with Gasteiger partial charge >= 0.3 is 0 Å². The molecule has 1 aliphatic rings. The van der Waals surface area contributed by atoms with E-state index in [1.807, 2.05) is 0 Å². The predicted molar refractivity (Wildman–Crippen MR) is 44.1 cm³/mol. The van der Waals surface area contributed by atoms with Crippen molar-refractivity contribution in [2.45, 2.75) is 0 Å². The number of hydrazine groups is 1. The average molecular weight is 208 g/mol. The van der Waals surface area contributed by atoms with Gasteiger partial charge in [-0.05, 0) is 0 Å². The van der Waals surface area contributed by atoms with Gasteiger partial charge in [-0.25, -0.2) is 19.4 Å². The first kappa shape index (κ1) is 10.4. The van der Waals surface area contributed by atoms with Gasteiger partial charge in [0.15, 0.2) is 12.5 Å². The summed E-state index contributed by atoms with van der Waals surface area (Å²) in [5.41, 5.74) is 2.45. The molecule has 9 nitrogen and oxygen atoms in total. The van der Waals surface area contributed by atoms with Crippen LogP contribution in [0.4, 0.5) is 0 Å². The highest BCUT2D eigenvalue weighted by Crippen LogP contribution is 2.06. The molecule has 1 N–H and O–H groups in total. The van der Waals surface area contributed by atoms with Crippen LogP contribution < -0.4 is 5.43 Å². The van der Waals surface area contributed by atoms with Crippen molar-refractivity contribution in [3.63, 3.8) is 0 Å². The topological polar surface area (TPSA) is 107 Å². The van der Waals surface area contributed by atoms with E-state index >= 15 is 0 Å². The van der Waals surface area contributed by atoms with Crippen LogP contribution in [0.5, 0.6) is 0 Å². The molecule has 0 radical (unpaired) electrons. The molecular weight excluding hydrogens is 204 g/mol. The molecule has 0 bridgehead atoms. The van der Waals surface area contributed by atoms with Crippen LogP contribution in [-0.2, 0) is 14.4 Å². The lowest BCUT2D eigenvalue weighted by Gasteiger charge is -2.27. The maximum absolute atomic E-state index is 9.98. The Morgan fingerprint density at radius 3 is 2.53 bits per heavy atom. The van der Waals surface area contributed by atoms with Crippen molar-refractivity contribution in [3.8, 4) is 0 Å². The average Bonchev–Trinajstić information content (AvgIpc) is 2.19. The zero-order valence-electron chi connectivity index (χ0n) is 7.25. The fourth-order valence-corrected chi connectivity index (χ4v) is 0.838. The molecular formula is C6H4N6O3. The van der Waals surface area contributed by atoms with Crippen molar-refractivity contribution >= 4 is 18.2 Å². The fourth-order valence-electron chi connectivity index (χ4n) is 0.838. The molecule has 76 valence electrons. The van der Waals surface area contributed by atoms with Gasteiger partial charge in [-0.1, -0.05) is 10.2 Å². The van der Waals surface area contributed by atoms with Gasteiger partial charge in [0.1, 0.15) is 0 Å². The van der Waals surface area contributed by atoms with E-state index in [0.717, 1.165) is 10.1 Å². The zero-order chi connectivity index (χ0) is 11.1. The SMILES string of the molecule is O=C=NC1=CN(N=C=O)CN(N=C=O)N1. The van der Waals surface area contributed by atoms with Crippen molar-refractivity contribution in [1.29, 1.82) is 0 Å². The van der Waals surface area contributed by atoms with E-state index in [0.29, 0.717) is 0 Å². The first-order chi connectivity index (χ1) is 7.30. The minimum atomic E-state index is -0.0254. The van der Waals surface area contributed by atoms with Crippen LogP contribution >= 0.6 is 0 Å². The summed E-state index contributed by atoms with van der Waals surface area (Å²) in [5, 5.41) is 8.49. The number of rotatable bonds is 3. The Kier molecular flexibility index (Phi) is 3.53. The van der Waals surface area contributed by atoms with Gasteiger partial charge < -0.3 is 0 Å². The monoisotopic (exact) mass is 208 g/mol. The number of hydrogen-bond donors (Lipinski definition) is 1. The molecule has 0 aromatic heterocycles. The lowest BCUT2D eigenvalue weighted by molar-refractivity contribution is 0.112. The standard InChI is InChI=1S/C6H4N6O3/c13-2-7-6-1-11(8-3-14)5-12(10-6)9-4-15/h1,10H,5H2. The number of aliphatic imine (C=N–C) groups is 1. The number of carbonyl (C=O) groups excluding carboxylic acids is 3. The second kappa shape index (κ2) is 5.11. The lowest BCUT2D eigenvalue weighted by atomic mass is 10.7. The summed E-state index contributed by atoms with van der Waals surface area (Å²) in [5.74, 6) is 0.0225. The van der Waals surface area contributed by atoms with Gasteiger partial charge in [0.25, 0.3) is 12.2 Å². The number of nitrogens with zero attached hydrogens (tertiary/aromatic N) is 5. The zero-order valence-corrected chi connectivity index (χ0v) is 7.25. The molecule has 0 aromatic rings. The number of hydrogen-bond acceptors (Lipinski definition) is 9. The summed E-state index contributed by atoms with van der Waals surface area (Å²) in [4.78, 5) is 33.2. The van der Waals surface area contributed by atoms with E-state index in [2.05, 4.69) is 20.6 Å². The first-order valence-corrected chi connectivity index (χ1v) is 3.56. The molecule has 0 aliphatic carbocycles. The van der Waals surface area contributed by atoms with Gasteiger partial charge in [0.2, 0.25) is 6.08 Å². The summed E-state index contributed by atoms with van der Waals surface area (Å²) in [6.45, 7) is -0.0254. The fraction of sp³-hybridized carbons (Fsp3) is 0.167. The third-order valence-electron chi connectivity index (χ3n) is 1.29. The lowest BCUT2D eigenvalue weighted by Crippen LogP contribution is -2.43. The molecule has 0 spiro atoms. The molecule has 0 aromatic carbocycles. The molecule has 0 saturated carbocycles. The molecule has 0 unspecified atom stereocenters. The molecule has 1 rings (SSSR count). The van der Waals surface area contributed by atoms with Gasteiger partial charge in [0, 0.05) is 0 Å². The van der Waals surface area contributed by atoms with Crippen LogP contribution in [0.15, 0.2) is 27.2 Å². The largest absolute Gasteiger partial charge is 0.261 e. The Hall–Kier alpha value is -2.72. The Labute approximate surface area is 83.0 Å². The normalized spacial score (nSPS) is 13.7. The second-order valence-electron chi connectivity index (χ2n) is 2.19. The highest BCUT2D eigenvalue weighted by atomic mass is 16.1. The molecule has 1 heterocycles. The Balaban J connectivity index is 2.92. The number of nitrogens with one attached hydrogen (secondary N) is 1. The quantitative estimate of drug-likeness (QED) is 0.456. The predicted octanol–water partition coefficient (Wildman–Crippen LogP) is -1.30. The molecule has 0 atom stereocenters. The van der Waals surface area contributed by atoms with Gasteiger partial charge in [-0.3, -0.25) is 5.43 Å². The van der Waals surface area contributed by atoms with E-state index in [9.17, 15) is 14.4 Å². The summed E-state index contributed by atoms with van der Waals surface area (Å²) >= 11 is 0. The van der Waals surface area contributed by atoms with Crippen LogP contribution in [0.25, 0.3) is 0 Å². The minimum Gasteiger partial charge on any atom is -0.261 e. The molecule has 9 heteroatoms. The molecule has 0 fully saturated rings. The van der Waals surface area contributed by atoms with E-state index in [1.165, 1.54) is 24.4 Å². The van der Waals surface area contributed by atoms with Crippen molar-refractivity contribution in [2.75, 3.05) is 6.67 Å². The Bertz CT molecular complexity index is 413. The summed E-state index contributed by atoms with van der Waals surface area (Å²) in [6, 6.07) is 0. The summed E-state index contributed by atoms with van der Waals surface area (Å²) < 4.78 is 0. The van der Waals surface area contributed by atoms with Crippen LogP contribution in [0.2, 0.25) is 0 Å². The smallest absolute Gasteiger partial charge is 0.260 e. The summed E-state index contributed by atoms with van der Waals surface area (Å²) in [7, 11) is 0. The van der Waals surface area contributed by atoms with E-state index in [1.54, 1.807) is 0 Å². The van der Waals surface area contributed by atoms with E-state index < -0.39 is 0 Å². The summed E-state index contributed by atoms with van der Waals surface area (Å²) in [6.07, 6.45) is 5.07. The van der Waals surface area contributed by atoms with Crippen molar-refractivity contribution in [3.05, 3.63) is 12.0 Å². The minimum absolute atomic E-state index is 0.0225. The highest BCUT2D eigenvalue weighted by Gasteiger charge is 2.14. The van der Waals surface area contributed by atoms with Crippen molar-refractivity contribution in [1.82, 2.24) is 15.6 Å². The first-order valence-electron chi connectivity index (χ1n) is 3.56. The second-order valence-corrected chi connectivity index (χ2v) is 2.19. The van der Waals surface area contributed by atoms with Crippen molar-refractivity contribution in [2.24, 2.45) is 15.2 Å². The molecule has 15 heavy (non-hydrogen) atoms. The van der Waals surface area contributed by atoms with Crippen LogP contribution in [0.1, 0.15) is 0 Å². The third kappa shape index (κ3) is 2.91. The van der Waals surface area contributed by atoms with E-state index in [-0.39, 0.29) is 12.5 Å². The Morgan fingerprint density at radius 1 is 1.20 bits per heavy atom. The third-order valence-corrected chi connectivity index (χ3v) is 1.29. The van der Waals surface area contributed by atoms with Crippen molar-refractivity contribution < 1.29 is 14.4 Å². The Morgan fingerprint density at radius 2 is 1.93 bits per heavy atom. The van der Waals surface area contributed by atoms with Gasteiger partial charge in [-0.2, -0.15) is 5.12 Å². The van der Waals surface area contributed by atoms with Gasteiger partial charge in [0.05, 0.1) is 6.20 Å². The van der Waals surface area contributed by atoms with Gasteiger partial charge in [-0.15, -0.1) is 4.99 Å². The molecule has 1 aliphatic heterocycles. The van der Waals surface area contributed by atoms with E-state index in [4.69, 9.17) is 0 Å². The van der Waals surface area contributed by atoms with Crippen LogP contribution in [-0.4, -0.2) is 35.0 Å². The molecule has 0 saturated heterocycles. The highest BCUT2D eigenvalue weighted by molar-refractivity contribution is 5.37. The number of isocyanates is 3. The maximum atomic E-state index is 9.98. The number of hydrazone groups is 2. The van der Waals surface area contributed by atoms with Crippen LogP contribution in [0.3, 0.4) is 0 Å².